The van der Waals surface area contributed by atoms with E-state index in [9.17, 15) is 4.79 Å². The van der Waals surface area contributed by atoms with E-state index in [1.807, 2.05) is 37.3 Å². The summed E-state index contributed by atoms with van der Waals surface area (Å²) >= 11 is 0. The van der Waals surface area contributed by atoms with Gasteiger partial charge in [-0.15, -0.1) is 13.2 Å². The summed E-state index contributed by atoms with van der Waals surface area (Å²) in [4.78, 5) is 12.5. The molecular formula is C17H23NO. The molecule has 2 N–H and O–H groups in total. The Kier molecular flexibility index (Phi) is 5.71. The SMILES string of the molecule is C=CCC(C)(Cc1ccccc1)C(=O)CC(N)C=C. The molecule has 0 saturated heterocycles. The van der Waals surface area contributed by atoms with Crippen LogP contribution in [0.4, 0.5) is 0 Å². The van der Waals surface area contributed by atoms with Gasteiger partial charge < -0.3 is 5.73 Å². The summed E-state index contributed by atoms with van der Waals surface area (Å²) in [6.45, 7) is 9.38. The number of hydrogen-bond acceptors (Lipinski definition) is 2. The van der Waals surface area contributed by atoms with Gasteiger partial charge in [0, 0.05) is 17.9 Å². The lowest BCUT2D eigenvalue weighted by Crippen LogP contribution is -2.34. The Morgan fingerprint density at radius 2 is 2.00 bits per heavy atom. The molecule has 19 heavy (non-hydrogen) atoms. The second kappa shape index (κ2) is 7.05. The number of rotatable bonds is 8. The average molecular weight is 257 g/mol. The van der Waals surface area contributed by atoms with Gasteiger partial charge in [0.15, 0.2) is 0 Å². The van der Waals surface area contributed by atoms with Gasteiger partial charge in [-0.2, -0.15) is 0 Å². The molecule has 102 valence electrons. The summed E-state index contributed by atoms with van der Waals surface area (Å²) in [6.07, 6.45) is 5.13. The van der Waals surface area contributed by atoms with Crippen LogP contribution in [0.5, 0.6) is 0 Å². The number of carbonyl (C=O) groups excluding carboxylic acids is 1. The van der Waals surface area contributed by atoms with E-state index in [4.69, 9.17) is 5.73 Å². The average Bonchev–Trinajstić information content (AvgIpc) is 2.39. The molecule has 2 heteroatoms. The van der Waals surface area contributed by atoms with Crippen molar-refractivity contribution in [3.8, 4) is 0 Å². The van der Waals surface area contributed by atoms with Crippen molar-refractivity contribution in [2.45, 2.75) is 32.2 Å². The summed E-state index contributed by atoms with van der Waals surface area (Å²) in [5, 5.41) is 0. The Morgan fingerprint density at radius 1 is 1.37 bits per heavy atom. The van der Waals surface area contributed by atoms with Gasteiger partial charge in [0.2, 0.25) is 0 Å². The summed E-state index contributed by atoms with van der Waals surface area (Å²) < 4.78 is 0. The fraction of sp³-hybridized carbons (Fsp3) is 0.353. The summed E-state index contributed by atoms with van der Waals surface area (Å²) in [6, 6.07) is 9.77. The molecule has 2 nitrogen and oxygen atoms in total. The van der Waals surface area contributed by atoms with Crippen molar-refractivity contribution in [1.82, 2.24) is 0 Å². The van der Waals surface area contributed by atoms with E-state index in [0.29, 0.717) is 19.3 Å². The molecular weight excluding hydrogens is 234 g/mol. The summed E-state index contributed by atoms with van der Waals surface area (Å²) in [7, 11) is 0. The van der Waals surface area contributed by atoms with Crippen molar-refractivity contribution in [2.24, 2.45) is 11.1 Å². The molecule has 2 atom stereocenters. The van der Waals surface area contributed by atoms with Gasteiger partial charge in [0.1, 0.15) is 5.78 Å². The second-order valence-electron chi connectivity index (χ2n) is 5.24. The Balaban J connectivity index is 2.86. The van der Waals surface area contributed by atoms with Gasteiger partial charge in [-0.1, -0.05) is 49.4 Å². The van der Waals surface area contributed by atoms with Crippen molar-refractivity contribution >= 4 is 5.78 Å². The third kappa shape index (κ3) is 4.49. The van der Waals surface area contributed by atoms with E-state index < -0.39 is 5.41 Å². The van der Waals surface area contributed by atoms with E-state index >= 15 is 0 Å². The van der Waals surface area contributed by atoms with Crippen LogP contribution in [0.25, 0.3) is 0 Å². The topological polar surface area (TPSA) is 43.1 Å². The molecule has 2 unspecified atom stereocenters. The maximum absolute atomic E-state index is 12.5. The Labute approximate surface area is 116 Å². The molecule has 0 aliphatic heterocycles. The zero-order valence-corrected chi connectivity index (χ0v) is 11.6. The van der Waals surface area contributed by atoms with Crippen LogP contribution in [0.15, 0.2) is 55.6 Å². The first-order valence-corrected chi connectivity index (χ1v) is 6.58. The van der Waals surface area contributed by atoms with E-state index in [-0.39, 0.29) is 11.8 Å². The fourth-order valence-corrected chi connectivity index (χ4v) is 2.19. The normalized spacial score (nSPS) is 15.3. The van der Waals surface area contributed by atoms with Crippen molar-refractivity contribution < 1.29 is 4.79 Å². The summed E-state index contributed by atoms with van der Waals surface area (Å²) in [5.74, 6) is 0.170. The minimum absolute atomic E-state index is 0.170. The van der Waals surface area contributed by atoms with Crippen molar-refractivity contribution in [2.75, 3.05) is 0 Å². The van der Waals surface area contributed by atoms with Gasteiger partial charge in [0.25, 0.3) is 0 Å². The number of hydrogen-bond donors (Lipinski definition) is 1. The monoisotopic (exact) mass is 257 g/mol. The minimum Gasteiger partial charge on any atom is -0.324 e. The Bertz CT molecular complexity index is 438. The fourth-order valence-electron chi connectivity index (χ4n) is 2.19. The van der Waals surface area contributed by atoms with E-state index in [1.165, 1.54) is 0 Å². The van der Waals surface area contributed by atoms with Crippen LogP contribution in [0.2, 0.25) is 0 Å². The maximum Gasteiger partial charge on any atom is 0.141 e. The van der Waals surface area contributed by atoms with Crippen LogP contribution in [0.3, 0.4) is 0 Å². The second-order valence-corrected chi connectivity index (χ2v) is 5.24. The third-order valence-corrected chi connectivity index (χ3v) is 3.43. The van der Waals surface area contributed by atoms with Crippen LogP contribution < -0.4 is 5.73 Å². The Morgan fingerprint density at radius 3 is 2.53 bits per heavy atom. The van der Waals surface area contributed by atoms with Crippen LogP contribution in [-0.4, -0.2) is 11.8 Å². The predicted octanol–water partition coefficient (Wildman–Crippen LogP) is 3.28. The molecule has 0 heterocycles. The highest BCUT2D eigenvalue weighted by molar-refractivity contribution is 5.85. The number of benzene rings is 1. The molecule has 0 fully saturated rings. The van der Waals surface area contributed by atoms with Crippen molar-refractivity contribution in [3.63, 3.8) is 0 Å². The highest BCUT2D eigenvalue weighted by Gasteiger charge is 2.32. The van der Waals surface area contributed by atoms with Gasteiger partial charge in [-0.05, 0) is 18.4 Å². The highest BCUT2D eigenvalue weighted by atomic mass is 16.1. The molecule has 0 bridgehead atoms. The molecule has 0 radical (unpaired) electrons. The number of carbonyl (C=O) groups is 1. The first-order valence-electron chi connectivity index (χ1n) is 6.58. The van der Waals surface area contributed by atoms with Crippen molar-refractivity contribution in [1.29, 1.82) is 0 Å². The van der Waals surface area contributed by atoms with Crippen molar-refractivity contribution in [3.05, 3.63) is 61.2 Å². The lowest BCUT2D eigenvalue weighted by atomic mass is 9.75. The highest BCUT2D eigenvalue weighted by Crippen LogP contribution is 2.30. The minimum atomic E-state index is -0.441. The summed E-state index contributed by atoms with van der Waals surface area (Å²) in [5.41, 5.74) is 6.51. The standard InChI is InChI=1S/C17H23NO/c1-4-11-17(3,16(19)12-15(18)5-2)13-14-9-7-6-8-10-14/h4-10,15H,1-2,11-13,18H2,3H3. The predicted molar refractivity (Wildman–Crippen MR) is 80.9 cm³/mol. The Hall–Kier alpha value is -1.67. The number of ketones is 1. The molecule has 0 spiro atoms. The first-order chi connectivity index (χ1) is 9.01. The molecule has 1 rings (SSSR count). The molecule has 0 amide bonds. The van der Waals surface area contributed by atoms with Crippen LogP contribution in [0.1, 0.15) is 25.3 Å². The quantitative estimate of drug-likeness (QED) is 0.726. The third-order valence-electron chi connectivity index (χ3n) is 3.43. The smallest absolute Gasteiger partial charge is 0.141 e. The zero-order chi connectivity index (χ0) is 14.3. The van der Waals surface area contributed by atoms with Gasteiger partial charge in [0.05, 0.1) is 0 Å². The molecule has 0 aliphatic rings. The van der Waals surface area contributed by atoms with Crippen LogP contribution in [0, 0.1) is 5.41 Å². The zero-order valence-electron chi connectivity index (χ0n) is 11.6. The van der Waals surface area contributed by atoms with Crippen LogP contribution in [-0.2, 0) is 11.2 Å². The molecule has 0 aliphatic carbocycles. The lowest BCUT2D eigenvalue weighted by molar-refractivity contribution is -0.127. The van der Waals surface area contributed by atoms with Crippen LogP contribution >= 0.6 is 0 Å². The number of allylic oxidation sites excluding steroid dienone is 1. The largest absolute Gasteiger partial charge is 0.324 e. The number of Topliss-reactive ketones (excluding diaryl/α,β-unsaturated/α-hetero) is 1. The van der Waals surface area contributed by atoms with E-state index in [0.717, 1.165) is 5.56 Å². The molecule has 0 saturated carbocycles. The van der Waals surface area contributed by atoms with Gasteiger partial charge >= 0.3 is 0 Å². The molecule has 1 aromatic carbocycles. The maximum atomic E-state index is 12.5. The molecule has 0 aromatic heterocycles. The lowest BCUT2D eigenvalue weighted by Gasteiger charge is -2.28. The first kappa shape index (κ1) is 15.4. The van der Waals surface area contributed by atoms with E-state index in [2.05, 4.69) is 13.2 Å². The molecule has 1 aromatic rings. The number of nitrogens with two attached hydrogens (primary N) is 1. The van der Waals surface area contributed by atoms with E-state index in [1.54, 1.807) is 12.2 Å². The van der Waals surface area contributed by atoms with Gasteiger partial charge in [-0.3, -0.25) is 4.79 Å². The van der Waals surface area contributed by atoms with Gasteiger partial charge in [-0.25, -0.2) is 0 Å².